The topological polar surface area (TPSA) is 29.1 Å². The fourth-order valence-corrected chi connectivity index (χ4v) is 7.65. The van der Waals surface area contributed by atoms with Crippen LogP contribution >= 0.6 is 0 Å². The van der Waals surface area contributed by atoms with E-state index >= 15 is 0 Å². The summed E-state index contributed by atoms with van der Waals surface area (Å²) >= 11 is 0. The molecule has 6 saturated carbocycles. The van der Waals surface area contributed by atoms with Gasteiger partial charge in [0.25, 0.3) is 5.91 Å². The Bertz CT molecular complexity index is 628. The van der Waals surface area contributed by atoms with Crippen molar-refractivity contribution in [2.45, 2.75) is 18.9 Å². The second-order valence-electron chi connectivity index (χ2n) is 7.94. The third-order valence-electron chi connectivity index (χ3n) is 7.73. The summed E-state index contributed by atoms with van der Waals surface area (Å²) in [6.07, 6.45) is 2.89. The first kappa shape index (κ1) is 11.2. The molecule has 2 nitrogen and oxygen atoms in total. The number of halogens is 1. The molecule has 6 aliphatic carbocycles. The molecule has 1 N–H and O–H groups in total. The maximum Gasteiger partial charge on any atom is 0.251 e. The van der Waals surface area contributed by atoms with Gasteiger partial charge in [0.15, 0.2) is 0 Å². The molecule has 0 heterocycles. The van der Waals surface area contributed by atoms with E-state index in [2.05, 4.69) is 5.32 Å². The SMILES string of the molecule is O=C(NC1C2C3CC4C5CC(C42)[C@H]1C53)c1ccc(F)cc1. The molecule has 6 aliphatic rings. The van der Waals surface area contributed by atoms with Crippen LogP contribution in [0.2, 0.25) is 0 Å². The number of carbonyl (C=O) groups is 1. The first-order chi connectivity index (χ1) is 10.2. The Kier molecular flexibility index (Phi) is 1.78. The Balaban J connectivity index is 1.31. The van der Waals surface area contributed by atoms with Gasteiger partial charge in [0.2, 0.25) is 0 Å². The predicted octanol–water partition coefficient (Wildman–Crippen LogP) is 2.70. The largest absolute Gasteiger partial charge is 0.349 e. The quantitative estimate of drug-likeness (QED) is 0.888. The molecule has 0 aliphatic heterocycles. The van der Waals surface area contributed by atoms with Gasteiger partial charge in [0, 0.05) is 11.6 Å². The van der Waals surface area contributed by atoms with Crippen LogP contribution in [0.4, 0.5) is 4.39 Å². The van der Waals surface area contributed by atoms with Gasteiger partial charge in [-0.1, -0.05) is 0 Å². The summed E-state index contributed by atoms with van der Waals surface area (Å²) in [6.45, 7) is 0. The first-order valence-corrected chi connectivity index (χ1v) is 8.30. The van der Waals surface area contributed by atoms with E-state index in [-0.39, 0.29) is 11.7 Å². The van der Waals surface area contributed by atoms with Gasteiger partial charge in [0.1, 0.15) is 5.82 Å². The van der Waals surface area contributed by atoms with Crippen LogP contribution in [-0.4, -0.2) is 11.9 Å². The molecule has 0 radical (unpaired) electrons. The molecule has 3 heteroatoms. The molecule has 108 valence electrons. The summed E-state index contributed by atoms with van der Waals surface area (Å²) in [5.41, 5.74) is 0.592. The monoisotopic (exact) mass is 283 g/mol. The molecular weight excluding hydrogens is 265 g/mol. The smallest absolute Gasteiger partial charge is 0.251 e. The molecule has 6 bridgehead atoms. The molecule has 1 amide bonds. The van der Waals surface area contributed by atoms with E-state index in [1.165, 1.54) is 25.0 Å². The van der Waals surface area contributed by atoms with Gasteiger partial charge >= 0.3 is 0 Å². The van der Waals surface area contributed by atoms with Crippen LogP contribution < -0.4 is 5.32 Å². The zero-order valence-electron chi connectivity index (χ0n) is 11.7. The molecule has 8 unspecified atom stereocenters. The van der Waals surface area contributed by atoms with E-state index < -0.39 is 0 Å². The van der Waals surface area contributed by atoms with Crippen molar-refractivity contribution < 1.29 is 9.18 Å². The van der Waals surface area contributed by atoms with Gasteiger partial charge in [-0.15, -0.1) is 0 Å². The maximum absolute atomic E-state index is 13.0. The van der Waals surface area contributed by atoms with Gasteiger partial charge < -0.3 is 5.32 Å². The van der Waals surface area contributed by atoms with Crippen molar-refractivity contribution >= 4 is 5.91 Å². The van der Waals surface area contributed by atoms with Crippen LogP contribution in [-0.2, 0) is 0 Å². The third kappa shape index (κ3) is 1.09. The molecule has 1 aromatic carbocycles. The Morgan fingerprint density at radius 2 is 1.48 bits per heavy atom. The van der Waals surface area contributed by atoms with E-state index in [9.17, 15) is 9.18 Å². The fourth-order valence-electron chi connectivity index (χ4n) is 7.65. The van der Waals surface area contributed by atoms with Crippen molar-refractivity contribution in [2.75, 3.05) is 0 Å². The summed E-state index contributed by atoms with van der Waals surface area (Å²) in [4.78, 5) is 12.5. The molecule has 9 atom stereocenters. The molecule has 21 heavy (non-hydrogen) atoms. The van der Waals surface area contributed by atoms with E-state index in [0.717, 1.165) is 47.3 Å². The van der Waals surface area contributed by atoms with Crippen molar-refractivity contribution in [2.24, 2.45) is 47.3 Å². The van der Waals surface area contributed by atoms with Crippen LogP contribution in [0.5, 0.6) is 0 Å². The average Bonchev–Trinajstić information content (AvgIpc) is 3.18. The van der Waals surface area contributed by atoms with Crippen LogP contribution in [0.3, 0.4) is 0 Å². The molecule has 6 fully saturated rings. The number of benzene rings is 1. The third-order valence-corrected chi connectivity index (χ3v) is 7.73. The summed E-state index contributed by atoms with van der Waals surface area (Å²) in [5.74, 6) is 6.90. The maximum atomic E-state index is 13.0. The van der Waals surface area contributed by atoms with E-state index in [4.69, 9.17) is 0 Å². The summed E-state index contributed by atoms with van der Waals surface area (Å²) < 4.78 is 13.0. The minimum atomic E-state index is -0.285. The number of amides is 1. The van der Waals surface area contributed by atoms with Crippen molar-refractivity contribution in [1.82, 2.24) is 5.32 Å². The zero-order valence-corrected chi connectivity index (χ0v) is 11.7. The fraction of sp³-hybridized carbons (Fsp3) is 0.611. The molecular formula is C18H18FNO. The number of rotatable bonds is 2. The Hall–Kier alpha value is -1.38. The van der Waals surface area contributed by atoms with Crippen molar-refractivity contribution in [3.8, 4) is 0 Å². The Morgan fingerprint density at radius 3 is 2.05 bits per heavy atom. The minimum Gasteiger partial charge on any atom is -0.349 e. The summed E-state index contributed by atoms with van der Waals surface area (Å²) in [7, 11) is 0. The lowest BCUT2D eigenvalue weighted by Gasteiger charge is -2.33. The highest BCUT2D eigenvalue weighted by Gasteiger charge is 2.80. The Morgan fingerprint density at radius 1 is 0.905 bits per heavy atom. The second kappa shape index (κ2) is 3.34. The normalized spacial score (nSPS) is 53.3. The van der Waals surface area contributed by atoms with Gasteiger partial charge in [-0.2, -0.15) is 0 Å². The van der Waals surface area contributed by atoms with Crippen molar-refractivity contribution in [3.05, 3.63) is 35.6 Å². The zero-order chi connectivity index (χ0) is 13.9. The Labute approximate surface area is 123 Å². The minimum absolute atomic E-state index is 0.00685. The lowest BCUT2D eigenvalue weighted by molar-refractivity contribution is 0.0923. The highest BCUT2D eigenvalue weighted by Crippen LogP contribution is 2.82. The second-order valence-corrected chi connectivity index (χ2v) is 7.94. The van der Waals surface area contributed by atoms with Gasteiger partial charge in [-0.3, -0.25) is 4.79 Å². The number of carbonyl (C=O) groups excluding carboxylic acids is 1. The van der Waals surface area contributed by atoms with Gasteiger partial charge in [0.05, 0.1) is 0 Å². The average molecular weight is 283 g/mol. The summed E-state index contributed by atoms with van der Waals surface area (Å²) in [5, 5.41) is 3.33. The molecule has 0 spiro atoms. The van der Waals surface area contributed by atoms with Gasteiger partial charge in [-0.25, -0.2) is 4.39 Å². The van der Waals surface area contributed by atoms with E-state index in [0.29, 0.717) is 11.6 Å². The van der Waals surface area contributed by atoms with Crippen LogP contribution in [0.25, 0.3) is 0 Å². The number of hydrogen-bond donors (Lipinski definition) is 1. The van der Waals surface area contributed by atoms with Crippen LogP contribution in [0.15, 0.2) is 24.3 Å². The van der Waals surface area contributed by atoms with Crippen LogP contribution in [0.1, 0.15) is 23.2 Å². The van der Waals surface area contributed by atoms with Crippen molar-refractivity contribution in [3.63, 3.8) is 0 Å². The molecule has 1 aromatic rings. The van der Waals surface area contributed by atoms with Crippen LogP contribution in [0, 0.1) is 53.2 Å². The van der Waals surface area contributed by atoms with E-state index in [1.807, 2.05) is 0 Å². The van der Waals surface area contributed by atoms with Crippen molar-refractivity contribution in [1.29, 1.82) is 0 Å². The number of hydrogen-bond acceptors (Lipinski definition) is 1. The molecule has 7 rings (SSSR count). The lowest BCUT2D eigenvalue weighted by atomic mass is 9.71. The summed E-state index contributed by atoms with van der Waals surface area (Å²) in [6, 6.07) is 6.34. The first-order valence-electron chi connectivity index (χ1n) is 8.30. The lowest BCUT2D eigenvalue weighted by Crippen LogP contribution is -2.39. The molecule has 0 aromatic heterocycles. The highest BCUT2D eigenvalue weighted by molar-refractivity contribution is 5.94. The van der Waals surface area contributed by atoms with E-state index in [1.54, 1.807) is 12.1 Å². The van der Waals surface area contributed by atoms with Gasteiger partial charge in [-0.05, 0) is 84.5 Å². The number of nitrogens with one attached hydrogen (secondary N) is 1. The molecule has 0 saturated heterocycles. The standard InChI is InChI=1S/C18H18FNO/c19-8-3-1-7(2-4-8)18(21)20-17-15-11-5-9-10-6-12(13(9)15)16(17)14(10)11/h1-4,9-17H,5-6H2,(H,20,21)/t9?,10?,11?,12?,13?,14?,15-,16?,17?/m0/s1. The highest BCUT2D eigenvalue weighted by atomic mass is 19.1. The predicted molar refractivity (Wildman–Crippen MR) is 74.8 cm³/mol.